The standard InChI is InChI=1S/C32H43N5O4.C27H35N5O2.2C12H17NO2/c1-6-7-17-39-23-18-22-11-8-9-12-24(22)28(19-23)36-16-14-25-26(20-36)34-30(35-29(25)33)40-21(2)27-13-10-15-37(27)31(38)41-32(3,4)5;1-3-4-14-33-20-15-19-8-5-6-9-21(19)25(16-20)32-13-11-22-24(17-32)30-27(31-26(22)28)34-18(2)23-10-7-12-29-23;2*1-3-13(4-2)12(14)15-10-11-8-6-5-7-9-11/h8-9,11-12,18-19,21,27H,6-7,10,13-17,20H2,1-5H3,(H2,33,34,35);5-6,8-9,15-16,18,23,29H,3-4,7,10-14,17H2,1-2H3,(H2,28,30,31);2*5-9H,3-4,10H2,1-2H3/t21-,27-;18-,23-;;/m11../s1. The zero-order valence-corrected chi connectivity index (χ0v) is 63.7. The van der Waals surface area contributed by atoms with Gasteiger partial charge in [0.2, 0.25) is 0 Å². The van der Waals surface area contributed by atoms with E-state index in [0.717, 1.165) is 140 Å². The molecule has 0 unspecified atom stereocenters. The number of hydrogen-bond donors (Lipinski definition) is 3. The van der Waals surface area contributed by atoms with Crippen molar-refractivity contribution in [2.75, 3.05) is 86.8 Å². The van der Waals surface area contributed by atoms with Gasteiger partial charge in [0.15, 0.2) is 0 Å². The fourth-order valence-electron chi connectivity index (χ4n) is 13.3. The minimum absolute atomic E-state index is 0.000498. The molecule has 22 nitrogen and oxygen atoms in total. The van der Waals surface area contributed by atoms with E-state index in [1.807, 2.05) is 116 Å². The molecule has 0 radical (unpaired) electrons. The number of amides is 3. The minimum atomic E-state index is -0.553. The lowest BCUT2D eigenvalue weighted by atomic mass is 10.0. The highest BCUT2D eigenvalue weighted by molar-refractivity contribution is 5.97. The fourth-order valence-corrected chi connectivity index (χ4v) is 13.3. The van der Waals surface area contributed by atoms with Crippen LogP contribution in [0.3, 0.4) is 0 Å². The number of nitrogens with two attached hydrogens (primary N) is 2. The first-order valence-electron chi connectivity index (χ1n) is 37.9. The fraction of sp³-hybridized carbons (Fsp3) is 0.482. The molecule has 5 N–H and O–H groups in total. The SMILES string of the molecule is CCCCOc1cc(N2CCc3c(N)nc(O[C@H](C)[C@H]4CCCN4)nc3C2)c2ccccc2c1.CCCCOc1cc(N2CCc3c(N)nc(O[C@H](C)[C@H]4CCCN4C(=O)OC(C)(C)C)nc3C2)c2ccccc2c1.CCN(CC)C(=O)OCc1ccccc1.CCN(CC)C(=O)OCc1ccccc1. The van der Waals surface area contributed by atoms with Crippen LogP contribution in [-0.4, -0.2) is 148 Å². The minimum Gasteiger partial charge on any atom is -0.493 e. The highest BCUT2D eigenvalue weighted by atomic mass is 16.6. The summed E-state index contributed by atoms with van der Waals surface area (Å²) in [4.78, 5) is 64.2. The van der Waals surface area contributed by atoms with Crippen molar-refractivity contribution in [1.29, 1.82) is 0 Å². The van der Waals surface area contributed by atoms with Crippen LogP contribution < -0.4 is 45.5 Å². The molecule has 4 atom stereocenters. The molecule has 0 spiro atoms. The zero-order valence-electron chi connectivity index (χ0n) is 63.7. The lowest BCUT2D eigenvalue weighted by molar-refractivity contribution is 0.0102. The molecule has 2 saturated heterocycles. The summed E-state index contributed by atoms with van der Waals surface area (Å²) in [5.41, 5.74) is 20.4. The van der Waals surface area contributed by atoms with E-state index in [-0.39, 0.29) is 42.5 Å². The van der Waals surface area contributed by atoms with E-state index in [1.165, 1.54) is 28.3 Å². The lowest BCUT2D eigenvalue weighted by Crippen LogP contribution is -2.46. The number of likely N-dealkylation sites (tertiary alicyclic amines) is 1. The number of carbonyl (C=O) groups is 3. The van der Waals surface area contributed by atoms with E-state index in [4.69, 9.17) is 54.6 Å². The third-order valence-corrected chi connectivity index (χ3v) is 19.2. The molecule has 0 bridgehead atoms. The van der Waals surface area contributed by atoms with Crippen molar-refractivity contribution in [3.63, 3.8) is 0 Å². The second kappa shape index (κ2) is 39.3. The maximum absolute atomic E-state index is 12.8. The Labute approximate surface area is 621 Å². The van der Waals surface area contributed by atoms with Gasteiger partial charge in [-0.3, -0.25) is 0 Å². The third-order valence-electron chi connectivity index (χ3n) is 19.2. The molecule has 4 aliphatic rings. The van der Waals surface area contributed by atoms with Gasteiger partial charge in [0.05, 0.1) is 43.7 Å². The Hall–Kier alpha value is -9.83. The lowest BCUT2D eigenvalue weighted by Gasteiger charge is -2.33. The van der Waals surface area contributed by atoms with E-state index < -0.39 is 5.60 Å². The molecule has 0 saturated carbocycles. The molecule has 564 valence electrons. The number of benzene rings is 6. The Morgan fingerprint density at radius 3 is 1.44 bits per heavy atom. The summed E-state index contributed by atoms with van der Waals surface area (Å²) in [5.74, 6) is 2.78. The Morgan fingerprint density at radius 1 is 0.562 bits per heavy atom. The Bertz CT molecular complexity index is 3990. The molecule has 6 aromatic carbocycles. The molecule has 105 heavy (non-hydrogen) atoms. The number of nitrogen functional groups attached to an aromatic ring is 2. The monoisotopic (exact) mass is 1440 g/mol. The molecular formula is C83H112N12O10. The van der Waals surface area contributed by atoms with Crippen LogP contribution in [-0.2, 0) is 53.4 Å². The van der Waals surface area contributed by atoms with Crippen LogP contribution in [0.4, 0.5) is 37.4 Å². The zero-order chi connectivity index (χ0) is 74.8. The highest BCUT2D eigenvalue weighted by Crippen LogP contribution is 2.39. The number of fused-ring (bicyclic) bond motifs is 4. The van der Waals surface area contributed by atoms with Gasteiger partial charge in [-0.2, -0.15) is 19.9 Å². The van der Waals surface area contributed by atoms with Gasteiger partial charge in [0.1, 0.15) is 54.2 Å². The normalized spacial score (nSPS) is 15.8. The number of nitrogens with one attached hydrogen (secondary N) is 1. The van der Waals surface area contributed by atoms with Gasteiger partial charge < -0.3 is 74.4 Å². The average molecular weight is 1440 g/mol. The van der Waals surface area contributed by atoms with E-state index in [9.17, 15) is 14.4 Å². The number of unbranched alkanes of at least 4 members (excludes halogenated alkanes) is 2. The molecule has 3 amide bonds. The van der Waals surface area contributed by atoms with Crippen molar-refractivity contribution in [1.82, 2.24) is 40.0 Å². The summed E-state index contributed by atoms with van der Waals surface area (Å²) in [7, 11) is 0. The van der Waals surface area contributed by atoms with Crippen molar-refractivity contribution >= 4 is 62.8 Å². The van der Waals surface area contributed by atoms with Gasteiger partial charge in [-0.15, -0.1) is 0 Å². The quantitative estimate of drug-likeness (QED) is 0.0376. The molecule has 2 fully saturated rings. The summed E-state index contributed by atoms with van der Waals surface area (Å²) in [5, 5.41) is 8.21. The molecule has 0 aliphatic carbocycles. The van der Waals surface area contributed by atoms with Crippen molar-refractivity contribution in [3.8, 4) is 23.5 Å². The molecular weight excluding hydrogens is 1320 g/mol. The molecule has 4 aliphatic heterocycles. The topological polar surface area (TPSA) is 248 Å². The Morgan fingerprint density at radius 2 is 1.01 bits per heavy atom. The van der Waals surface area contributed by atoms with Crippen LogP contribution in [0, 0.1) is 0 Å². The van der Waals surface area contributed by atoms with Crippen LogP contribution in [0.5, 0.6) is 23.5 Å². The van der Waals surface area contributed by atoms with Gasteiger partial charge in [0, 0.05) is 97.3 Å². The summed E-state index contributed by atoms with van der Waals surface area (Å²) in [6.45, 7) is 31.2. The van der Waals surface area contributed by atoms with Gasteiger partial charge >= 0.3 is 30.3 Å². The summed E-state index contributed by atoms with van der Waals surface area (Å²) < 4.78 is 40.5. The maximum Gasteiger partial charge on any atom is 0.410 e. The maximum atomic E-state index is 12.8. The number of rotatable bonds is 24. The van der Waals surface area contributed by atoms with Gasteiger partial charge in [-0.1, -0.05) is 136 Å². The number of carbonyl (C=O) groups excluding carboxylic acids is 3. The van der Waals surface area contributed by atoms with Gasteiger partial charge in [-0.05, 0) is 154 Å². The summed E-state index contributed by atoms with van der Waals surface area (Å²) in [6, 6.07) is 45.6. The smallest absolute Gasteiger partial charge is 0.410 e. The van der Waals surface area contributed by atoms with Crippen molar-refractivity contribution in [2.24, 2.45) is 0 Å². The molecule has 22 heteroatoms. The van der Waals surface area contributed by atoms with Crippen molar-refractivity contribution < 1.29 is 47.5 Å². The largest absolute Gasteiger partial charge is 0.493 e. The third kappa shape index (κ3) is 22.6. The number of anilines is 4. The second-order valence-electron chi connectivity index (χ2n) is 27.9. The van der Waals surface area contributed by atoms with Crippen LogP contribution in [0.25, 0.3) is 21.5 Å². The molecule has 6 heterocycles. The van der Waals surface area contributed by atoms with E-state index in [0.29, 0.717) is 89.3 Å². The van der Waals surface area contributed by atoms with Crippen molar-refractivity contribution in [3.05, 3.63) is 167 Å². The second-order valence-corrected chi connectivity index (χ2v) is 27.9. The molecule has 8 aromatic rings. The van der Waals surface area contributed by atoms with E-state index >= 15 is 0 Å². The van der Waals surface area contributed by atoms with Crippen LogP contribution in [0.15, 0.2) is 133 Å². The summed E-state index contributed by atoms with van der Waals surface area (Å²) >= 11 is 0. The Kier molecular flexibility index (Phi) is 29.7. The number of hydrogen-bond acceptors (Lipinski definition) is 19. The predicted molar refractivity (Wildman–Crippen MR) is 417 cm³/mol. The van der Waals surface area contributed by atoms with E-state index in [1.54, 1.807) is 14.7 Å². The number of aromatic nitrogens is 4. The first-order chi connectivity index (χ1) is 50.8. The number of nitrogens with zero attached hydrogens (tertiary/aromatic N) is 9. The first kappa shape index (κ1) is 79.3. The molecule has 12 rings (SSSR count). The van der Waals surface area contributed by atoms with Crippen LogP contribution in [0.2, 0.25) is 0 Å². The van der Waals surface area contributed by atoms with E-state index in [2.05, 4.69) is 119 Å². The van der Waals surface area contributed by atoms with Gasteiger partial charge in [-0.25, -0.2) is 14.4 Å². The first-order valence-corrected chi connectivity index (χ1v) is 37.9. The van der Waals surface area contributed by atoms with Gasteiger partial charge in [0.25, 0.3) is 0 Å². The average Bonchev–Trinajstić information content (AvgIpc) is 1.19. The summed E-state index contributed by atoms with van der Waals surface area (Å²) in [6.07, 6.45) is 8.71. The van der Waals surface area contributed by atoms with Crippen molar-refractivity contribution in [2.45, 2.75) is 197 Å². The number of ether oxygens (including phenoxy) is 7. The predicted octanol–water partition coefficient (Wildman–Crippen LogP) is 15.9. The van der Waals surface area contributed by atoms with Crippen LogP contribution >= 0.6 is 0 Å². The Balaban J connectivity index is 0.000000178. The van der Waals surface area contributed by atoms with Crippen LogP contribution in [0.1, 0.15) is 161 Å². The molecule has 2 aromatic heterocycles. The highest BCUT2D eigenvalue weighted by Gasteiger charge is 2.37.